The van der Waals surface area contributed by atoms with Crippen molar-refractivity contribution in [3.63, 3.8) is 0 Å². The Bertz CT molecular complexity index is 515. The zero-order chi connectivity index (χ0) is 14.8. The van der Waals surface area contributed by atoms with Crippen LogP contribution in [0, 0.1) is 15.5 Å². The molecule has 1 aromatic carbocycles. The van der Waals surface area contributed by atoms with E-state index < -0.39 is 4.92 Å². The molecule has 1 fully saturated rings. The summed E-state index contributed by atoms with van der Waals surface area (Å²) in [7, 11) is 0. The van der Waals surface area contributed by atoms with Crippen molar-refractivity contribution in [2.75, 3.05) is 0 Å². The van der Waals surface area contributed by atoms with Gasteiger partial charge in [0, 0.05) is 11.6 Å². The van der Waals surface area contributed by atoms with Gasteiger partial charge in [0.25, 0.3) is 0 Å². The van der Waals surface area contributed by atoms with Crippen molar-refractivity contribution >= 4 is 12.0 Å². The highest BCUT2D eigenvalue weighted by molar-refractivity contribution is 5.77. The smallest absolute Gasteiger partial charge is 0.311 e. The SMILES string of the molecule is CC1(C)CCC(Oc2ccc(C=O)cc2[N+](=O)[O-])CC1. The molecule has 0 bridgehead atoms. The van der Waals surface area contributed by atoms with E-state index in [2.05, 4.69) is 13.8 Å². The first kappa shape index (κ1) is 14.5. The van der Waals surface area contributed by atoms with Crippen LogP contribution < -0.4 is 4.74 Å². The topological polar surface area (TPSA) is 69.4 Å². The molecule has 5 heteroatoms. The summed E-state index contributed by atoms with van der Waals surface area (Å²) >= 11 is 0. The third kappa shape index (κ3) is 3.35. The van der Waals surface area contributed by atoms with Gasteiger partial charge >= 0.3 is 5.69 Å². The lowest BCUT2D eigenvalue weighted by Crippen LogP contribution is -2.28. The summed E-state index contributed by atoms with van der Waals surface area (Å²) in [4.78, 5) is 21.2. The van der Waals surface area contributed by atoms with Crippen LogP contribution in [0.5, 0.6) is 5.75 Å². The molecule has 0 radical (unpaired) electrons. The first-order chi connectivity index (χ1) is 9.41. The summed E-state index contributed by atoms with van der Waals surface area (Å²) in [5, 5.41) is 11.0. The molecule has 0 saturated heterocycles. The number of hydrogen-bond donors (Lipinski definition) is 0. The van der Waals surface area contributed by atoms with Crippen LogP contribution in [0.15, 0.2) is 18.2 Å². The number of carbonyl (C=O) groups excluding carboxylic acids is 1. The van der Waals surface area contributed by atoms with Crippen LogP contribution >= 0.6 is 0 Å². The third-order valence-corrected chi connectivity index (χ3v) is 3.90. The number of aldehydes is 1. The molecule has 0 aliphatic heterocycles. The zero-order valence-electron chi connectivity index (χ0n) is 11.8. The molecule has 1 saturated carbocycles. The molecule has 0 spiro atoms. The van der Waals surface area contributed by atoms with Gasteiger partial charge in [0.15, 0.2) is 5.75 Å². The number of rotatable bonds is 4. The van der Waals surface area contributed by atoms with Crippen molar-refractivity contribution < 1.29 is 14.5 Å². The first-order valence-corrected chi connectivity index (χ1v) is 6.81. The number of nitrogens with zero attached hydrogens (tertiary/aromatic N) is 1. The fourth-order valence-electron chi connectivity index (χ4n) is 2.52. The zero-order valence-corrected chi connectivity index (χ0v) is 11.8. The summed E-state index contributed by atoms with van der Waals surface area (Å²) in [6.07, 6.45) is 4.53. The van der Waals surface area contributed by atoms with Gasteiger partial charge in [-0.05, 0) is 43.2 Å². The van der Waals surface area contributed by atoms with Gasteiger partial charge in [0.1, 0.15) is 6.29 Å². The Morgan fingerprint density at radius 1 is 1.35 bits per heavy atom. The highest BCUT2D eigenvalue weighted by Gasteiger charge is 2.29. The maximum atomic E-state index is 11.0. The average Bonchev–Trinajstić information content (AvgIpc) is 2.41. The van der Waals surface area contributed by atoms with Crippen molar-refractivity contribution in [2.45, 2.75) is 45.6 Å². The number of nitro benzene ring substituents is 1. The number of hydrogen-bond acceptors (Lipinski definition) is 4. The molecule has 1 aliphatic rings. The van der Waals surface area contributed by atoms with Crippen molar-refractivity contribution in [3.05, 3.63) is 33.9 Å². The minimum absolute atomic E-state index is 0.0174. The Kier molecular flexibility index (Phi) is 4.06. The minimum atomic E-state index is -0.505. The van der Waals surface area contributed by atoms with E-state index in [1.165, 1.54) is 12.1 Å². The first-order valence-electron chi connectivity index (χ1n) is 6.81. The molecule has 0 amide bonds. The van der Waals surface area contributed by atoms with Crippen LogP contribution in [-0.4, -0.2) is 17.3 Å². The lowest BCUT2D eigenvalue weighted by molar-refractivity contribution is -0.386. The van der Waals surface area contributed by atoms with Crippen molar-refractivity contribution in [1.82, 2.24) is 0 Å². The third-order valence-electron chi connectivity index (χ3n) is 3.90. The van der Waals surface area contributed by atoms with Crippen LogP contribution in [0.25, 0.3) is 0 Å². The molecule has 0 N–H and O–H groups in total. The van der Waals surface area contributed by atoms with Gasteiger partial charge in [-0.25, -0.2) is 0 Å². The van der Waals surface area contributed by atoms with Crippen LogP contribution in [0.4, 0.5) is 5.69 Å². The van der Waals surface area contributed by atoms with Crippen molar-refractivity contribution in [3.8, 4) is 5.75 Å². The van der Waals surface area contributed by atoms with E-state index in [-0.39, 0.29) is 23.1 Å². The van der Waals surface area contributed by atoms with E-state index in [0.29, 0.717) is 11.7 Å². The highest BCUT2D eigenvalue weighted by atomic mass is 16.6. The Hall–Kier alpha value is -1.91. The molecule has 5 nitrogen and oxygen atoms in total. The molecule has 108 valence electrons. The van der Waals surface area contributed by atoms with Crippen molar-refractivity contribution in [2.24, 2.45) is 5.41 Å². The van der Waals surface area contributed by atoms with Gasteiger partial charge in [0.05, 0.1) is 11.0 Å². The van der Waals surface area contributed by atoms with E-state index in [9.17, 15) is 14.9 Å². The second-order valence-corrected chi connectivity index (χ2v) is 6.08. The number of carbonyl (C=O) groups is 1. The molecule has 1 aliphatic carbocycles. The van der Waals surface area contributed by atoms with Crippen LogP contribution in [0.3, 0.4) is 0 Å². The maximum Gasteiger partial charge on any atom is 0.311 e. The molecule has 2 rings (SSSR count). The predicted molar refractivity (Wildman–Crippen MR) is 75.1 cm³/mol. The Balaban J connectivity index is 2.13. The quantitative estimate of drug-likeness (QED) is 0.477. The van der Waals surface area contributed by atoms with E-state index >= 15 is 0 Å². The Labute approximate surface area is 118 Å². The highest BCUT2D eigenvalue weighted by Crippen LogP contribution is 2.38. The molecule has 0 aromatic heterocycles. The molecule has 0 atom stereocenters. The summed E-state index contributed by atoms with van der Waals surface area (Å²) in [5.74, 6) is 0.255. The van der Waals surface area contributed by atoms with Crippen molar-refractivity contribution in [1.29, 1.82) is 0 Å². The maximum absolute atomic E-state index is 11.0. The fraction of sp³-hybridized carbons (Fsp3) is 0.533. The van der Waals surface area contributed by atoms with Gasteiger partial charge in [0.2, 0.25) is 0 Å². The number of nitro groups is 1. The summed E-state index contributed by atoms with van der Waals surface area (Å²) in [5.41, 5.74) is 0.473. The summed E-state index contributed by atoms with van der Waals surface area (Å²) in [6, 6.07) is 4.32. The molecule has 20 heavy (non-hydrogen) atoms. The van der Waals surface area contributed by atoms with Gasteiger partial charge in [-0.15, -0.1) is 0 Å². The lowest BCUT2D eigenvalue weighted by atomic mass is 9.76. The van der Waals surface area contributed by atoms with Crippen LogP contribution in [0.1, 0.15) is 49.9 Å². The fourth-order valence-corrected chi connectivity index (χ4v) is 2.52. The normalized spacial score (nSPS) is 18.5. The van der Waals surface area contributed by atoms with Gasteiger partial charge in [-0.2, -0.15) is 0 Å². The molecule has 0 unspecified atom stereocenters. The standard InChI is InChI=1S/C15H19NO4/c1-15(2)7-5-12(6-8-15)20-14-4-3-11(10-17)9-13(14)16(18)19/h3-4,9-10,12H,5-8H2,1-2H3. The van der Waals surface area contributed by atoms with Crippen LogP contribution in [0.2, 0.25) is 0 Å². The molecule has 1 aromatic rings. The minimum Gasteiger partial charge on any atom is -0.484 e. The lowest BCUT2D eigenvalue weighted by Gasteiger charge is -2.34. The second-order valence-electron chi connectivity index (χ2n) is 6.08. The monoisotopic (exact) mass is 277 g/mol. The largest absolute Gasteiger partial charge is 0.484 e. The van der Waals surface area contributed by atoms with Gasteiger partial charge in [-0.3, -0.25) is 14.9 Å². The van der Waals surface area contributed by atoms with E-state index in [0.717, 1.165) is 25.7 Å². The second kappa shape index (κ2) is 5.61. The summed E-state index contributed by atoms with van der Waals surface area (Å²) in [6.45, 7) is 4.45. The number of benzene rings is 1. The summed E-state index contributed by atoms with van der Waals surface area (Å²) < 4.78 is 5.78. The Morgan fingerprint density at radius 2 is 2.00 bits per heavy atom. The molecular weight excluding hydrogens is 258 g/mol. The molecular formula is C15H19NO4. The number of ether oxygens (including phenoxy) is 1. The van der Waals surface area contributed by atoms with E-state index in [4.69, 9.17) is 4.74 Å². The van der Waals surface area contributed by atoms with Crippen LogP contribution in [-0.2, 0) is 0 Å². The average molecular weight is 277 g/mol. The molecule has 0 heterocycles. The predicted octanol–water partition coefficient (Wildman–Crippen LogP) is 3.75. The van der Waals surface area contributed by atoms with Gasteiger partial charge in [-0.1, -0.05) is 13.8 Å². The van der Waals surface area contributed by atoms with E-state index in [1.807, 2.05) is 0 Å². The van der Waals surface area contributed by atoms with Gasteiger partial charge < -0.3 is 4.74 Å². The van der Waals surface area contributed by atoms with E-state index in [1.54, 1.807) is 6.07 Å². The Morgan fingerprint density at radius 3 is 2.55 bits per heavy atom.